The number of benzene rings is 1. The number of hydrogen-bond acceptors (Lipinski definition) is 3. The summed E-state index contributed by atoms with van der Waals surface area (Å²) in [6, 6.07) is 7.76. The molecule has 3 heteroatoms. The summed E-state index contributed by atoms with van der Waals surface area (Å²) < 4.78 is 10.1. The fourth-order valence-electron chi connectivity index (χ4n) is 1.85. The Labute approximate surface area is 103 Å². The highest BCUT2D eigenvalue weighted by Gasteiger charge is 2.24. The maximum Gasteiger partial charge on any atom is 0.309 e. The number of para-hydroxylation sites is 1. The Morgan fingerprint density at radius 3 is 2.41 bits per heavy atom. The van der Waals surface area contributed by atoms with Gasteiger partial charge in [0.15, 0.2) is 0 Å². The Hall–Kier alpha value is -1.51. The predicted octanol–water partition coefficient (Wildman–Crippen LogP) is 2.68. The van der Waals surface area contributed by atoms with Gasteiger partial charge in [0, 0.05) is 0 Å². The summed E-state index contributed by atoms with van der Waals surface area (Å²) in [5, 5.41) is 0. The first-order valence-electron chi connectivity index (χ1n) is 5.79. The van der Waals surface area contributed by atoms with Gasteiger partial charge in [0.05, 0.1) is 20.1 Å². The summed E-state index contributed by atoms with van der Waals surface area (Å²) >= 11 is 0. The quantitative estimate of drug-likeness (QED) is 0.737. The Morgan fingerprint density at radius 2 is 1.88 bits per heavy atom. The lowest BCUT2D eigenvalue weighted by Gasteiger charge is -2.19. The maximum atomic E-state index is 11.7. The number of hydrogen-bond donors (Lipinski definition) is 0. The Kier molecular flexibility index (Phi) is 5.01. The van der Waals surface area contributed by atoms with Crippen molar-refractivity contribution >= 4 is 5.97 Å². The normalized spacial score (nSPS) is 12.3. The molecule has 0 heterocycles. The Bertz CT molecular complexity index is 371. The van der Waals surface area contributed by atoms with E-state index in [0.717, 1.165) is 11.3 Å². The van der Waals surface area contributed by atoms with Gasteiger partial charge in [-0.15, -0.1) is 0 Å². The molecule has 1 aromatic rings. The molecule has 3 nitrogen and oxygen atoms in total. The van der Waals surface area contributed by atoms with Gasteiger partial charge >= 0.3 is 5.97 Å². The van der Waals surface area contributed by atoms with Crippen molar-refractivity contribution in [1.29, 1.82) is 0 Å². The molecule has 0 aromatic heterocycles. The van der Waals surface area contributed by atoms with E-state index in [0.29, 0.717) is 6.42 Å². The third-order valence-electron chi connectivity index (χ3n) is 2.94. The predicted molar refractivity (Wildman–Crippen MR) is 67.0 cm³/mol. The van der Waals surface area contributed by atoms with E-state index in [-0.39, 0.29) is 17.8 Å². The van der Waals surface area contributed by atoms with Gasteiger partial charge in [-0.1, -0.05) is 32.0 Å². The smallest absolute Gasteiger partial charge is 0.309 e. The van der Waals surface area contributed by atoms with Crippen LogP contribution in [0.1, 0.15) is 19.4 Å². The molecule has 0 fully saturated rings. The second-order valence-corrected chi connectivity index (χ2v) is 4.39. The fraction of sp³-hybridized carbons (Fsp3) is 0.500. The highest BCUT2D eigenvalue weighted by atomic mass is 16.5. The summed E-state index contributed by atoms with van der Waals surface area (Å²) in [7, 11) is 3.07. The first-order chi connectivity index (χ1) is 8.10. The fourth-order valence-corrected chi connectivity index (χ4v) is 1.85. The van der Waals surface area contributed by atoms with E-state index in [2.05, 4.69) is 0 Å². The molecule has 0 aliphatic heterocycles. The van der Waals surface area contributed by atoms with E-state index >= 15 is 0 Å². The lowest BCUT2D eigenvalue weighted by molar-refractivity contribution is -0.146. The zero-order chi connectivity index (χ0) is 12.8. The molecule has 1 unspecified atom stereocenters. The van der Waals surface area contributed by atoms with Crippen LogP contribution in [-0.4, -0.2) is 20.2 Å². The van der Waals surface area contributed by atoms with Gasteiger partial charge < -0.3 is 9.47 Å². The van der Waals surface area contributed by atoms with Crippen LogP contribution in [0.15, 0.2) is 24.3 Å². The van der Waals surface area contributed by atoms with E-state index in [1.54, 1.807) is 7.11 Å². The summed E-state index contributed by atoms with van der Waals surface area (Å²) in [4.78, 5) is 11.7. The van der Waals surface area contributed by atoms with Gasteiger partial charge in [0.25, 0.3) is 0 Å². The van der Waals surface area contributed by atoms with Crippen LogP contribution in [0, 0.1) is 11.8 Å². The minimum absolute atomic E-state index is 0.128. The van der Waals surface area contributed by atoms with Crippen molar-refractivity contribution in [2.75, 3.05) is 14.2 Å². The molecule has 0 N–H and O–H groups in total. The molecular weight excluding hydrogens is 216 g/mol. The van der Waals surface area contributed by atoms with Crippen LogP contribution in [0.4, 0.5) is 0 Å². The monoisotopic (exact) mass is 236 g/mol. The van der Waals surface area contributed by atoms with Crippen molar-refractivity contribution in [2.24, 2.45) is 11.8 Å². The molecule has 94 valence electrons. The number of carbonyl (C=O) groups is 1. The average molecular weight is 236 g/mol. The summed E-state index contributed by atoms with van der Waals surface area (Å²) in [6.45, 7) is 4.05. The van der Waals surface area contributed by atoms with Crippen LogP contribution in [0.2, 0.25) is 0 Å². The van der Waals surface area contributed by atoms with Crippen LogP contribution in [0.3, 0.4) is 0 Å². The third-order valence-corrected chi connectivity index (χ3v) is 2.94. The zero-order valence-corrected chi connectivity index (χ0v) is 10.9. The number of methoxy groups -OCH3 is 2. The molecule has 1 rings (SSSR count). The number of esters is 1. The molecule has 0 aliphatic carbocycles. The van der Waals surface area contributed by atoms with Crippen molar-refractivity contribution in [3.63, 3.8) is 0 Å². The van der Waals surface area contributed by atoms with E-state index in [9.17, 15) is 4.79 Å². The first kappa shape index (κ1) is 13.6. The summed E-state index contributed by atoms with van der Waals surface area (Å²) in [5.41, 5.74) is 1.04. The molecular formula is C14H20O3. The molecule has 0 amide bonds. The van der Waals surface area contributed by atoms with Crippen LogP contribution in [0.25, 0.3) is 0 Å². The van der Waals surface area contributed by atoms with Crippen molar-refractivity contribution in [2.45, 2.75) is 20.3 Å². The van der Waals surface area contributed by atoms with Crippen molar-refractivity contribution in [3.05, 3.63) is 29.8 Å². The van der Waals surface area contributed by atoms with Crippen molar-refractivity contribution in [1.82, 2.24) is 0 Å². The highest BCUT2D eigenvalue weighted by Crippen LogP contribution is 2.25. The molecule has 0 spiro atoms. The molecule has 0 aliphatic rings. The van der Waals surface area contributed by atoms with Crippen molar-refractivity contribution in [3.8, 4) is 5.75 Å². The zero-order valence-electron chi connectivity index (χ0n) is 10.9. The van der Waals surface area contributed by atoms with Crippen LogP contribution in [-0.2, 0) is 16.0 Å². The summed E-state index contributed by atoms with van der Waals surface area (Å²) in [6.07, 6.45) is 0.647. The van der Waals surface area contributed by atoms with Gasteiger partial charge in [0.2, 0.25) is 0 Å². The van der Waals surface area contributed by atoms with Gasteiger partial charge in [-0.3, -0.25) is 4.79 Å². The van der Waals surface area contributed by atoms with E-state index in [1.807, 2.05) is 38.1 Å². The van der Waals surface area contributed by atoms with Crippen LogP contribution >= 0.6 is 0 Å². The van der Waals surface area contributed by atoms with E-state index < -0.39 is 0 Å². The first-order valence-corrected chi connectivity index (χ1v) is 5.79. The standard InChI is InChI=1S/C14H20O3/c1-10(2)12(14(15)17-4)9-11-7-5-6-8-13(11)16-3/h5-8,10,12H,9H2,1-4H3. The largest absolute Gasteiger partial charge is 0.496 e. The third kappa shape index (κ3) is 3.48. The average Bonchev–Trinajstić information content (AvgIpc) is 2.35. The maximum absolute atomic E-state index is 11.7. The topological polar surface area (TPSA) is 35.5 Å². The SMILES string of the molecule is COC(=O)C(Cc1ccccc1OC)C(C)C. The molecule has 1 aromatic carbocycles. The number of ether oxygens (including phenoxy) is 2. The Morgan fingerprint density at radius 1 is 1.24 bits per heavy atom. The molecule has 0 bridgehead atoms. The second kappa shape index (κ2) is 6.28. The number of rotatable bonds is 5. The van der Waals surface area contributed by atoms with Crippen LogP contribution < -0.4 is 4.74 Å². The molecule has 1 atom stereocenters. The molecule has 0 saturated heterocycles. The molecule has 17 heavy (non-hydrogen) atoms. The number of carbonyl (C=O) groups excluding carboxylic acids is 1. The second-order valence-electron chi connectivity index (χ2n) is 4.39. The Balaban J connectivity index is 2.89. The molecule has 0 radical (unpaired) electrons. The minimum Gasteiger partial charge on any atom is -0.496 e. The minimum atomic E-state index is -0.161. The van der Waals surface area contributed by atoms with Gasteiger partial charge in [0.1, 0.15) is 5.75 Å². The van der Waals surface area contributed by atoms with Gasteiger partial charge in [-0.2, -0.15) is 0 Å². The van der Waals surface area contributed by atoms with Gasteiger partial charge in [-0.05, 0) is 24.0 Å². The lowest BCUT2D eigenvalue weighted by Crippen LogP contribution is -2.24. The van der Waals surface area contributed by atoms with E-state index in [4.69, 9.17) is 9.47 Å². The van der Waals surface area contributed by atoms with Gasteiger partial charge in [-0.25, -0.2) is 0 Å². The van der Waals surface area contributed by atoms with Crippen molar-refractivity contribution < 1.29 is 14.3 Å². The highest BCUT2D eigenvalue weighted by molar-refractivity contribution is 5.73. The summed E-state index contributed by atoms with van der Waals surface area (Å²) in [5.74, 6) is 0.775. The van der Waals surface area contributed by atoms with E-state index in [1.165, 1.54) is 7.11 Å². The van der Waals surface area contributed by atoms with Crippen LogP contribution in [0.5, 0.6) is 5.75 Å². The lowest BCUT2D eigenvalue weighted by atomic mass is 9.89. The molecule has 0 saturated carbocycles.